The van der Waals surface area contributed by atoms with Gasteiger partial charge in [0, 0.05) is 49.4 Å². The van der Waals surface area contributed by atoms with Gasteiger partial charge in [-0.15, -0.1) is 0 Å². The highest BCUT2D eigenvalue weighted by molar-refractivity contribution is 6.25. The summed E-state index contributed by atoms with van der Waals surface area (Å²) in [7, 11) is 0. The molecular weight excluding hydrogens is 767 g/mol. The summed E-state index contributed by atoms with van der Waals surface area (Å²) in [6.45, 7) is 4.29. The lowest BCUT2D eigenvalue weighted by Gasteiger charge is -2.21. The smallest absolute Gasteiger partial charge is 0.160 e. The molecule has 62 heavy (non-hydrogen) atoms. The molecule has 0 saturated carbocycles. The van der Waals surface area contributed by atoms with E-state index in [9.17, 15) is 8.78 Å². The van der Waals surface area contributed by atoms with Gasteiger partial charge >= 0.3 is 0 Å². The zero-order valence-corrected chi connectivity index (χ0v) is 33.9. The molecule has 3 heterocycles. The van der Waals surface area contributed by atoms with Gasteiger partial charge in [-0.3, -0.25) is 0 Å². The predicted octanol–water partition coefficient (Wildman–Crippen LogP) is 14.8. The zero-order valence-electron chi connectivity index (χ0n) is 33.9. The fraction of sp³-hybridized carbons (Fsp3) is 0.0357. The number of benzene rings is 8. The summed E-state index contributed by atoms with van der Waals surface area (Å²) in [6.07, 6.45) is 0. The molecule has 11 rings (SSSR count). The second kappa shape index (κ2) is 14.9. The van der Waals surface area contributed by atoms with E-state index in [-0.39, 0.29) is 11.6 Å². The average molecular weight is 803 g/mol. The third-order valence-electron chi connectivity index (χ3n) is 12.0. The molecule has 294 valence electrons. The van der Waals surface area contributed by atoms with E-state index in [2.05, 4.69) is 86.6 Å². The molecule has 4 nitrogen and oxygen atoms in total. The summed E-state index contributed by atoms with van der Waals surface area (Å²) in [5.74, 6) is 0.0385. The standard InChI is InChI=1S/C56H36F2N4/c1-33-50-44-15-9-10-16-46(44)59-54(38-21-26-42(57)27-22-38)52(50)34(2)51-45-30-25-41(31-49(45)60-55(53(33)51)39-23-28-43(58)29-24-39)35-17-19-40(20-18-35)56-61-47(36-11-5-3-6-12-36)32-48(62-56)37-13-7-4-8-14-37/h3-32H,1-2H3. The Hall–Kier alpha value is -7.96. The molecule has 0 fully saturated rings. The molecule has 3 aromatic heterocycles. The highest BCUT2D eigenvalue weighted by atomic mass is 19.1. The molecule has 6 heteroatoms. The van der Waals surface area contributed by atoms with Crippen molar-refractivity contribution in [3.05, 3.63) is 205 Å². The van der Waals surface area contributed by atoms with Crippen molar-refractivity contribution in [2.45, 2.75) is 13.8 Å². The molecule has 0 aliphatic rings. The van der Waals surface area contributed by atoms with Crippen LogP contribution in [0.15, 0.2) is 182 Å². The van der Waals surface area contributed by atoms with Gasteiger partial charge in [-0.2, -0.15) is 0 Å². The Kier molecular flexibility index (Phi) is 8.94. The molecule has 8 aromatic carbocycles. The number of hydrogen-bond acceptors (Lipinski definition) is 4. The fourth-order valence-corrected chi connectivity index (χ4v) is 8.95. The lowest BCUT2D eigenvalue weighted by Crippen LogP contribution is -1.99. The van der Waals surface area contributed by atoms with Gasteiger partial charge in [-0.1, -0.05) is 115 Å². The monoisotopic (exact) mass is 802 g/mol. The van der Waals surface area contributed by atoms with E-state index in [0.29, 0.717) is 5.82 Å². The van der Waals surface area contributed by atoms with E-state index in [0.717, 1.165) is 116 Å². The zero-order chi connectivity index (χ0) is 41.9. The minimum atomic E-state index is -0.308. The van der Waals surface area contributed by atoms with Crippen LogP contribution in [0.2, 0.25) is 0 Å². The third kappa shape index (κ3) is 6.36. The Morgan fingerprint density at radius 2 is 0.758 bits per heavy atom. The quantitative estimate of drug-likeness (QED) is 0.124. The molecule has 0 radical (unpaired) electrons. The molecule has 0 N–H and O–H groups in total. The van der Waals surface area contributed by atoms with E-state index in [1.165, 1.54) is 24.3 Å². The SMILES string of the molecule is Cc1c2c(-c3ccc(F)cc3)nc3cc(-c4ccc(-c5nc(-c6ccccc6)cc(-c6ccccc6)n5)cc4)ccc3c2c(C)c2c(-c3ccc(F)cc3)nc3ccccc3c12. The number of aromatic nitrogens is 4. The van der Waals surface area contributed by atoms with Crippen molar-refractivity contribution >= 4 is 43.4 Å². The number of pyridine rings is 2. The predicted molar refractivity (Wildman–Crippen MR) is 250 cm³/mol. The van der Waals surface area contributed by atoms with Crippen LogP contribution >= 0.6 is 0 Å². The van der Waals surface area contributed by atoms with Gasteiger partial charge in [0.15, 0.2) is 5.82 Å². The van der Waals surface area contributed by atoms with Crippen LogP contribution in [0.25, 0.3) is 111 Å². The molecule has 11 aromatic rings. The number of para-hydroxylation sites is 1. The fourth-order valence-electron chi connectivity index (χ4n) is 8.95. The summed E-state index contributed by atoms with van der Waals surface area (Å²) in [4.78, 5) is 20.7. The molecule has 0 aliphatic heterocycles. The van der Waals surface area contributed by atoms with Crippen molar-refractivity contribution < 1.29 is 8.78 Å². The van der Waals surface area contributed by atoms with Crippen molar-refractivity contribution in [3.63, 3.8) is 0 Å². The van der Waals surface area contributed by atoms with Crippen LogP contribution in [0.3, 0.4) is 0 Å². The summed E-state index contributed by atoms with van der Waals surface area (Å²) < 4.78 is 28.7. The average Bonchev–Trinajstić information content (AvgIpc) is 3.33. The molecule has 0 unspecified atom stereocenters. The van der Waals surface area contributed by atoms with E-state index in [4.69, 9.17) is 19.9 Å². The topological polar surface area (TPSA) is 51.6 Å². The van der Waals surface area contributed by atoms with Crippen LogP contribution in [0.5, 0.6) is 0 Å². The second-order valence-electron chi connectivity index (χ2n) is 15.7. The molecule has 0 bridgehead atoms. The number of nitrogens with zero attached hydrogens (tertiary/aromatic N) is 4. The molecule has 0 aliphatic carbocycles. The first-order valence-electron chi connectivity index (χ1n) is 20.6. The van der Waals surface area contributed by atoms with Crippen LogP contribution in [0.4, 0.5) is 8.78 Å². The molecule has 0 amide bonds. The number of fused-ring (bicyclic) bond motifs is 6. The molecule has 0 spiro atoms. The van der Waals surface area contributed by atoms with Gasteiger partial charge in [0.05, 0.1) is 33.8 Å². The van der Waals surface area contributed by atoms with Crippen molar-refractivity contribution in [1.29, 1.82) is 0 Å². The van der Waals surface area contributed by atoms with Crippen LogP contribution in [-0.4, -0.2) is 19.9 Å². The number of halogens is 2. The van der Waals surface area contributed by atoms with Crippen molar-refractivity contribution in [1.82, 2.24) is 19.9 Å². The minimum absolute atomic E-state index is 0.300. The largest absolute Gasteiger partial charge is 0.247 e. The summed E-state index contributed by atoms with van der Waals surface area (Å²) >= 11 is 0. The first-order chi connectivity index (χ1) is 30.4. The van der Waals surface area contributed by atoms with Crippen molar-refractivity contribution in [2.75, 3.05) is 0 Å². The van der Waals surface area contributed by atoms with E-state index < -0.39 is 0 Å². The van der Waals surface area contributed by atoms with Crippen LogP contribution < -0.4 is 0 Å². The van der Waals surface area contributed by atoms with Crippen molar-refractivity contribution in [2.24, 2.45) is 0 Å². The van der Waals surface area contributed by atoms with Gasteiger partial charge in [-0.25, -0.2) is 28.7 Å². The Labute approximate surface area is 356 Å². The summed E-state index contributed by atoms with van der Waals surface area (Å²) in [5.41, 5.74) is 13.6. The van der Waals surface area contributed by atoms with Crippen LogP contribution in [-0.2, 0) is 0 Å². The number of hydrogen-bond donors (Lipinski definition) is 0. The van der Waals surface area contributed by atoms with E-state index in [1.54, 1.807) is 24.3 Å². The Balaban J connectivity index is 1.11. The first-order valence-corrected chi connectivity index (χ1v) is 20.6. The Morgan fingerprint density at radius 3 is 1.31 bits per heavy atom. The lowest BCUT2D eigenvalue weighted by atomic mass is 9.85. The van der Waals surface area contributed by atoms with Gasteiger partial charge in [-0.05, 0) is 114 Å². The molecular formula is C56H36F2N4. The van der Waals surface area contributed by atoms with Crippen molar-refractivity contribution in [3.8, 4) is 67.5 Å². The number of aryl methyl sites for hydroxylation is 2. The highest BCUT2D eigenvalue weighted by Gasteiger charge is 2.23. The maximum Gasteiger partial charge on any atom is 0.160 e. The minimum Gasteiger partial charge on any atom is -0.247 e. The Morgan fingerprint density at radius 1 is 0.323 bits per heavy atom. The first kappa shape index (κ1) is 37.1. The molecule has 0 atom stereocenters. The maximum absolute atomic E-state index is 14.4. The van der Waals surface area contributed by atoms with Crippen LogP contribution in [0, 0.1) is 25.5 Å². The van der Waals surface area contributed by atoms with Crippen LogP contribution in [0.1, 0.15) is 11.1 Å². The normalized spacial score (nSPS) is 11.5. The third-order valence-corrected chi connectivity index (χ3v) is 12.0. The summed E-state index contributed by atoms with van der Waals surface area (Å²) in [5, 5.41) is 6.13. The highest BCUT2D eigenvalue weighted by Crippen LogP contribution is 2.46. The van der Waals surface area contributed by atoms with Gasteiger partial charge in [0.25, 0.3) is 0 Å². The van der Waals surface area contributed by atoms with Gasteiger partial charge in [0.1, 0.15) is 11.6 Å². The second-order valence-corrected chi connectivity index (χ2v) is 15.7. The maximum atomic E-state index is 14.4. The van der Waals surface area contributed by atoms with E-state index in [1.807, 2.05) is 60.7 Å². The van der Waals surface area contributed by atoms with Gasteiger partial charge in [0.2, 0.25) is 0 Å². The van der Waals surface area contributed by atoms with E-state index >= 15 is 0 Å². The lowest BCUT2D eigenvalue weighted by molar-refractivity contribution is 0.627. The molecule has 0 saturated heterocycles. The summed E-state index contributed by atoms with van der Waals surface area (Å²) in [6, 6.07) is 58.5. The number of rotatable bonds is 6. The van der Waals surface area contributed by atoms with Gasteiger partial charge < -0.3 is 0 Å². The Bertz CT molecular complexity index is 3460.